The number of nitrogens with one attached hydrogen (secondary N) is 1. The largest absolute Gasteiger partial charge is 0.486 e. The van der Waals surface area contributed by atoms with E-state index in [0.717, 1.165) is 12.1 Å². The molecule has 0 bridgehead atoms. The number of carbonyl (C=O) groups is 1. The van der Waals surface area contributed by atoms with E-state index in [1.165, 1.54) is 23.9 Å². The van der Waals surface area contributed by atoms with Gasteiger partial charge in [0.15, 0.2) is 28.9 Å². The van der Waals surface area contributed by atoms with Crippen molar-refractivity contribution in [2.24, 2.45) is 0 Å². The highest BCUT2D eigenvalue weighted by molar-refractivity contribution is 8.02. The summed E-state index contributed by atoms with van der Waals surface area (Å²) >= 11 is 1.28. The quantitative estimate of drug-likeness (QED) is 0.636. The topological polar surface area (TPSA) is 47.6 Å². The maximum atomic E-state index is 13.3. The Balaban J connectivity index is 1.79. The van der Waals surface area contributed by atoms with Gasteiger partial charge in [0.05, 0.1) is 5.03 Å². The van der Waals surface area contributed by atoms with Crippen LogP contribution in [0.25, 0.3) is 0 Å². The van der Waals surface area contributed by atoms with Gasteiger partial charge in [0.2, 0.25) is 0 Å². The Labute approximate surface area is 147 Å². The van der Waals surface area contributed by atoms with Crippen molar-refractivity contribution in [1.82, 2.24) is 0 Å². The lowest BCUT2D eigenvalue weighted by Crippen LogP contribution is -2.15. The van der Waals surface area contributed by atoms with Crippen molar-refractivity contribution in [1.29, 1.82) is 0 Å². The molecule has 0 amide bonds. The van der Waals surface area contributed by atoms with E-state index in [4.69, 9.17) is 9.47 Å². The predicted octanol–water partition coefficient (Wildman–Crippen LogP) is 4.24. The van der Waals surface area contributed by atoms with E-state index in [0.29, 0.717) is 41.0 Å². The number of rotatable bonds is 5. The van der Waals surface area contributed by atoms with Crippen LogP contribution in [0, 0.1) is 11.6 Å². The number of fused-ring (bicyclic) bond motifs is 1. The van der Waals surface area contributed by atoms with E-state index in [2.05, 4.69) is 5.32 Å². The van der Waals surface area contributed by atoms with E-state index >= 15 is 0 Å². The van der Waals surface area contributed by atoms with Gasteiger partial charge < -0.3 is 14.8 Å². The molecule has 1 aliphatic rings. The molecule has 0 aromatic heterocycles. The molecule has 4 nitrogen and oxygen atoms in total. The lowest BCUT2D eigenvalue weighted by Gasteiger charge is -2.18. The van der Waals surface area contributed by atoms with Crippen molar-refractivity contribution >= 4 is 23.2 Å². The summed E-state index contributed by atoms with van der Waals surface area (Å²) in [6, 6.07) is 8.44. The van der Waals surface area contributed by atoms with Crippen molar-refractivity contribution in [3.63, 3.8) is 0 Å². The molecule has 1 aliphatic heterocycles. The maximum Gasteiger partial charge on any atom is 0.188 e. The summed E-state index contributed by atoms with van der Waals surface area (Å²) in [4.78, 5) is 12.5. The second-order valence-electron chi connectivity index (χ2n) is 5.19. The lowest BCUT2D eigenvalue weighted by atomic mass is 10.1. The fraction of sp³-hybridized carbons (Fsp3) is 0.167. The van der Waals surface area contributed by atoms with Crippen LogP contribution < -0.4 is 14.8 Å². The molecule has 2 aromatic rings. The highest BCUT2D eigenvalue weighted by Crippen LogP contribution is 2.31. The first-order valence-electron chi connectivity index (χ1n) is 7.48. The third kappa shape index (κ3) is 4.11. The average molecular weight is 363 g/mol. The molecule has 3 rings (SSSR count). The first kappa shape index (κ1) is 17.3. The smallest absolute Gasteiger partial charge is 0.188 e. The summed E-state index contributed by atoms with van der Waals surface area (Å²) in [6.45, 7) is 0.920. The number of ketones is 1. The minimum atomic E-state index is -0.955. The Morgan fingerprint density at radius 2 is 1.84 bits per heavy atom. The van der Waals surface area contributed by atoms with Gasteiger partial charge in [-0.15, -0.1) is 11.8 Å². The fourth-order valence-electron chi connectivity index (χ4n) is 2.26. The second-order valence-corrected chi connectivity index (χ2v) is 6.04. The zero-order valence-corrected chi connectivity index (χ0v) is 14.2. The van der Waals surface area contributed by atoms with Crippen molar-refractivity contribution in [2.75, 3.05) is 24.8 Å². The Bertz CT molecular complexity index is 839. The fourth-order valence-corrected chi connectivity index (χ4v) is 2.71. The molecule has 2 aromatic carbocycles. The molecule has 0 aliphatic carbocycles. The third-order valence-electron chi connectivity index (χ3n) is 3.50. The van der Waals surface area contributed by atoms with E-state index in [9.17, 15) is 13.6 Å². The van der Waals surface area contributed by atoms with Gasteiger partial charge in [0.25, 0.3) is 0 Å². The van der Waals surface area contributed by atoms with Crippen molar-refractivity contribution in [3.05, 3.63) is 64.7 Å². The molecule has 0 spiro atoms. The van der Waals surface area contributed by atoms with Crippen LogP contribution in [0.4, 0.5) is 14.5 Å². The molecule has 130 valence electrons. The number of anilines is 1. The molecule has 1 heterocycles. The minimum absolute atomic E-state index is 0.239. The number of carbonyl (C=O) groups excluding carboxylic acids is 1. The van der Waals surface area contributed by atoms with Gasteiger partial charge in [-0.3, -0.25) is 4.79 Å². The lowest BCUT2D eigenvalue weighted by molar-refractivity contribution is 0.104. The van der Waals surface area contributed by atoms with Gasteiger partial charge in [0.1, 0.15) is 13.2 Å². The van der Waals surface area contributed by atoms with Crippen LogP contribution >= 0.6 is 11.8 Å². The standard InChI is InChI=1S/C18H15F2NO3S/c1-25-18(21-12-3-4-13(19)14(20)9-12)10-15(22)11-2-5-16-17(8-11)24-7-6-23-16/h2-5,8-10,21H,6-7H2,1H3/b18-10-. The molecule has 0 atom stereocenters. The summed E-state index contributed by atoms with van der Waals surface area (Å²) in [5.41, 5.74) is 0.803. The zero-order valence-electron chi connectivity index (χ0n) is 13.3. The van der Waals surface area contributed by atoms with Crippen LogP contribution in [0.2, 0.25) is 0 Å². The second kappa shape index (κ2) is 7.57. The molecule has 1 N–H and O–H groups in total. The van der Waals surface area contributed by atoms with Gasteiger partial charge in [-0.05, 0) is 36.6 Å². The third-order valence-corrected chi connectivity index (χ3v) is 4.16. The normalized spacial score (nSPS) is 13.5. The molecule has 0 unspecified atom stereocenters. The molecule has 7 heteroatoms. The Morgan fingerprint density at radius 3 is 2.56 bits per heavy atom. The van der Waals surface area contributed by atoms with Crippen LogP contribution in [0.5, 0.6) is 11.5 Å². The maximum absolute atomic E-state index is 13.3. The minimum Gasteiger partial charge on any atom is -0.486 e. The van der Waals surface area contributed by atoms with Crippen LogP contribution in [0.15, 0.2) is 47.5 Å². The Morgan fingerprint density at radius 1 is 1.08 bits per heavy atom. The molecule has 25 heavy (non-hydrogen) atoms. The SMILES string of the molecule is CS/C(=C\C(=O)c1ccc2c(c1)OCCO2)Nc1ccc(F)c(F)c1. The van der Waals surface area contributed by atoms with E-state index in [-0.39, 0.29) is 5.78 Å². The van der Waals surface area contributed by atoms with Gasteiger partial charge >= 0.3 is 0 Å². The summed E-state index contributed by atoms with van der Waals surface area (Å²) in [5, 5.41) is 3.41. The van der Waals surface area contributed by atoms with Gasteiger partial charge in [-0.1, -0.05) is 0 Å². The van der Waals surface area contributed by atoms with Crippen molar-refractivity contribution in [3.8, 4) is 11.5 Å². The first-order chi connectivity index (χ1) is 12.1. The summed E-state index contributed by atoms with van der Waals surface area (Å²) in [7, 11) is 0. The van der Waals surface area contributed by atoms with E-state index < -0.39 is 11.6 Å². The van der Waals surface area contributed by atoms with Gasteiger partial charge in [0, 0.05) is 23.4 Å². The van der Waals surface area contributed by atoms with Crippen molar-refractivity contribution in [2.45, 2.75) is 0 Å². The van der Waals surface area contributed by atoms with Crippen LogP contribution in [0.1, 0.15) is 10.4 Å². The first-order valence-corrected chi connectivity index (χ1v) is 8.71. The van der Waals surface area contributed by atoms with E-state index in [1.807, 2.05) is 0 Å². The number of halogens is 2. The van der Waals surface area contributed by atoms with Gasteiger partial charge in [-0.25, -0.2) is 8.78 Å². The number of ether oxygens (including phenoxy) is 2. The van der Waals surface area contributed by atoms with Crippen LogP contribution in [0.3, 0.4) is 0 Å². The number of benzene rings is 2. The van der Waals surface area contributed by atoms with Gasteiger partial charge in [-0.2, -0.15) is 0 Å². The molecular weight excluding hydrogens is 348 g/mol. The highest BCUT2D eigenvalue weighted by atomic mass is 32.2. The molecule has 0 saturated heterocycles. The summed E-state index contributed by atoms with van der Waals surface area (Å²) in [5.74, 6) is -0.978. The predicted molar refractivity (Wildman–Crippen MR) is 93.3 cm³/mol. The molecular formula is C18H15F2NO3S. The molecule has 0 fully saturated rings. The number of hydrogen-bond acceptors (Lipinski definition) is 5. The van der Waals surface area contributed by atoms with Crippen LogP contribution in [-0.4, -0.2) is 25.3 Å². The monoisotopic (exact) mass is 363 g/mol. The summed E-state index contributed by atoms with van der Waals surface area (Å²) in [6.07, 6.45) is 3.17. The molecule has 0 radical (unpaired) electrons. The van der Waals surface area contributed by atoms with Crippen LogP contribution in [-0.2, 0) is 0 Å². The Hall–Kier alpha value is -2.54. The number of hydrogen-bond donors (Lipinski definition) is 1. The Kier molecular flexibility index (Phi) is 5.23. The average Bonchev–Trinajstić information content (AvgIpc) is 2.63. The number of thioether (sulfide) groups is 1. The molecule has 0 saturated carbocycles. The van der Waals surface area contributed by atoms with Crippen molar-refractivity contribution < 1.29 is 23.0 Å². The zero-order chi connectivity index (χ0) is 17.8. The van der Waals surface area contributed by atoms with E-state index in [1.54, 1.807) is 24.5 Å². The number of allylic oxidation sites excluding steroid dienone is 1. The highest BCUT2D eigenvalue weighted by Gasteiger charge is 2.14. The summed E-state index contributed by atoms with van der Waals surface area (Å²) < 4.78 is 37.2.